The summed E-state index contributed by atoms with van der Waals surface area (Å²) in [5.74, 6) is 2.12. The van der Waals surface area contributed by atoms with Crippen molar-refractivity contribution in [3.05, 3.63) is 65.7 Å². The number of hydrogen-bond acceptors (Lipinski definition) is 3. The fourth-order valence-corrected chi connectivity index (χ4v) is 6.00. The predicted octanol–water partition coefficient (Wildman–Crippen LogP) is 7.02. The minimum atomic E-state index is 0.0112. The summed E-state index contributed by atoms with van der Waals surface area (Å²) in [5.41, 5.74) is 2.50. The van der Waals surface area contributed by atoms with Crippen LogP contribution < -0.4 is 9.47 Å². The number of ether oxygens (including phenoxy) is 3. The van der Waals surface area contributed by atoms with Gasteiger partial charge >= 0.3 is 0 Å². The molecule has 2 aliphatic carbocycles. The van der Waals surface area contributed by atoms with Gasteiger partial charge in [0.2, 0.25) is 0 Å². The molecule has 3 aliphatic heterocycles. The zero-order chi connectivity index (χ0) is 20.7. The number of rotatable bonds is 0. The monoisotopic (exact) mass is 416 g/mol. The average molecular weight is 417 g/mol. The summed E-state index contributed by atoms with van der Waals surface area (Å²) in [6, 6.07) is 16.6. The van der Waals surface area contributed by atoms with E-state index in [1.165, 1.54) is 75.3 Å². The molecule has 0 amide bonds. The molecule has 7 rings (SSSR count). The fourth-order valence-electron chi connectivity index (χ4n) is 6.00. The van der Waals surface area contributed by atoms with Gasteiger partial charge in [0.15, 0.2) is 0 Å². The second-order valence-corrected chi connectivity index (χ2v) is 9.84. The zero-order valence-electron chi connectivity index (χ0n) is 18.2. The minimum absolute atomic E-state index is 0.0112. The lowest BCUT2D eigenvalue weighted by Crippen LogP contribution is -2.45. The van der Waals surface area contributed by atoms with Gasteiger partial charge < -0.3 is 14.2 Å². The molecule has 2 atom stereocenters. The third-order valence-electron chi connectivity index (χ3n) is 7.75. The molecule has 3 heteroatoms. The van der Waals surface area contributed by atoms with Crippen LogP contribution in [0.1, 0.15) is 81.4 Å². The molecular weight excluding hydrogens is 384 g/mol. The highest BCUT2D eigenvalue weighted by Gasteiger charge is 2.60. The lowest BCUT2D eigenvalue weighted by molar-refractivity contribution is 0.00138. The zero-order valence-corrected chi connectivity index (χ0v) is 18.2. The van der Waals surface area contributed by atoms with Crippen LogP contribution in [-0.4, -0.2) is 17.3 Å². The third kappa shape index (κ3) is 3.57. The van der Waals surface area contributed by atoms with E-state index in [1.807, 2.05) is 0 Å². The second kappa shape index (κ2) is 7.70. The molecule has 3 fully saturated rings. The van der Waals surface area contributed by atoms with Crippen LogP contribution in [0.5, 0.6) is 11.5 Å². The quantitative estimate of drug-likeness (QED) is 0.433. The maximum atomic E-state index is 6.29. The molecule has 0 aromatic heterocycles. The Bertz CT molecular complexity index is 966. The van der Waals surface area contributed by atoms with Crippen molar-refractivity contribution in [1.29, 1.82) is 0 Å². The van der Waals surface area contributed by atoms with Crippen molar-refractivity contribution in [3.63, 3.8) is 0 Å². The topological polar surface area (TPSA) is 31.0 Å². The van der Waals surface area contributed by atoms with Crippen LogP contribution in [-0.2, 0) is 4.74 Å². The lowest BCUT2D eigenvalue weighted by Gasteiger charge is -2.39. The van der Waals surface area contributed by atoms with Crippen LogP contribution >= 0.6 is 0 Å². The summed E-state index contributed by atoms with van der Waals surface area (Å²) >= 11 is 0. The first kappa shape index (κ1) is 19.4. The van der Waals surface area contributed by atoms with E-state index in [1.54, 1.807) is 0 Å². The molecular formula is C28H32O3. The molecule has 2 unspecified atom stereocenters. The van der Waals surface area contributed by atoms with E-state index in [9.17, 15) is 0 Å². The van der Waals surface area contributed by atoms with Crippen LogP contribution in [0, 0.1) is 0 Å². The van der Waals surface area contributed by atoms with Gasteiger partial charge in [0.25, 0.3) is 0 Å². The molecule has 2 saturated carbocycles. The highest BCUT2D eigenvalue weighted by atomic mass is 16.6. The first-order valence-corrected chi connectivity index (χ1v) is 12.2. The Hall–Kier alpha value is -2.26. The van der Waals surface area contributed by atoms with E-state index in [0.29, 0.717) is 12.2 Å². The summed E-state index contributed by atoms with van der Waals surface area (Å²) in [6.45, 7) is 0. The SMILES string of the molecule is C1=CC2(CCCCC2)Oc2ccccc21.c1ccc2c(c1)OC1(CCCCC1)C1OC21. The van der Waals surface area contributed by atoms with Crippen molar-refractivity contribution in [3.8, 4) is 11.5 Å². The molecule has 2 spiro atoms. The van der Waals surface area contributed by atoms with Gasteiger partial charge in [-0.1, -0.05) is 55.3 Å². The lowest BCUT2D eigenvalue weighted by atomic mass is 9.79. The highest BCUT2D eigenvalue weighted by Crippen LogP contribution is 2.57. The van der Waals surface area contributed by atoms with Crippen LogP contribution in [0.25, 0.3) is 6.08 Å². The van der Waals surface area contributed by atoms with Crippen molar-refractivity contribution in [2.24, 2.45) is 0 Å². The second-order valence-electron chi connectivity index (χ2n) is 9.84. The van der Waals surface area contributed by atoms with Crippen molar-refractivity contribution in [2.45, 2.75) is 87.6 Å². The van der Waals surface area contributed by atoms with Gasteiger partial charge in [-0.15, -0.1) is 0 Å². The summed E-state index contributed by atoms with van der Waals surface area (Å²) in [4.78, 5) is 0. The average Bonchev–Trinajstić information content (AvgIpc) is 3.63. The molecule has 162 valence electrons. The van der Waals surface area contributed by atoms with Crippen molar-refractivity contribution in [1.82, 2.24) is 0 Å². The number of para-hydroxylation sites is 2. The molecule has 0 radical (unpaired) electrons. The van der Waals surface area contributed by atoms with Gasteiger partial charge in [-0.25, -0.2) is 0 Å². The van der Waals surface area contributed by atoms with Gasteiger partial charge in [-0.2, -0.15) is 0 Å². The molecule has 5 aliphatic rings. The van der Waals surface area contributed by atoms with Gasteiger partial charge in [-0.05, 0) is 69.6 Å². The minimum Gasteiger partial charge on any atom is -0.484 e. The largest absolute Gasteiger partial charge is 0.484 e. The standard InChI is InChI=1S/C14H16O2.C14H16O/c1-4-8-14(9-5-1)13-12(15-13)10-6-2-3-7-11(10)16-14;1-4-9-14(10-5-1)11-8-12-6-2-3-7-13(12)15-14/h2-3,6-7,12-13H,1,4-5,8-9H2;2-3,6-8,11H,1,4-5,9-10H2. The Balaban J connectivity index is 0.000000120. The maximum absolute atomic E-state index is 6.29. The van der Waals surface area contributed by atoms with Gasteiger partial charge in [-0.3, -0.25) is 0 Å². The fraction of sp³-hybridized carbons (Fsp3) is 0.500. The Kier molecular flexibility index (Phi) is 4.83. The summed E-state index contributed by atoms with van der Waals surface area (Å²) in [7, 11) is 0. The van der Waals surface area contributed by atoms with Crippen LogP contribution in [0.4, 0.5) is 0 Å². The Morgan fingerprint density at radius 2 is 1.35 bits per heavy atom. The van der Waals surface area contributed by atoms with Gasteiger partial charge in [0, 0.05) is 11.1 Å². The van der Waals surface area contributed by atoms with Crippen molar-refractivity contribution in [2.75, 3.05) is 0 Å². The molecule has 0 bridgehead atoms. The Morgan fingerprint density at radius 1 is 0.677 bits per heavy atom. The first-order chi connectivity index (χ1) is 15.3. The first-order valence-electron chi connectivity index (χ1n) is 12.2. The summed E-state index contributed by atoms with van der Waals surface area (Å²) in [5, 5.41) is 0. The van der Waals surface area contributed by atoms with E-state index in [-0.39, 0.29) is 11.2 Å². The Labute approximate surface area is 185 Å². The number of epoxide rings is 1. The molecule has 0 N–H and O–H groups in total. The number of benzene rings is 2. The highest BCUT2D eigenvalue weighted by molar-refractivity contribution is 5.60. The van der Waals surface area contributed by atoms with Gasteiger partial charge in [0.05, 0.1) is 0 Å². The molecule has 31 heavy (non-hydrogen) atoms. The normalized spacial score (nSPS) is 28.1. The van der Waals surface area contributed by atoms with E-state index in [2.05, 4.69) is 60.7 Å². The molecule has 2 aromatic carbocycles. The van der Waals surface area contributed by atoms with Crippen LogP contribution in [0.3, 0.4) is 0 Å². The summed E-state index contributed by atoms with van der Waals surface area (Å²) in [6.07, 6.45) is 17.7. The molecule has 3 nitrogen and oxygen atoms in total. The molecule has 2 aromatic rings. The van der Waals surface area contributed by atoms with Crippen molar-refractivity contribution >= 4 is 6.08 Å². The van der Waals surface area contributed by atoms with Crippen LogP contribution in [0.2, 0.25) is 0 Å². The van der Waals surface area contributed by atoms with Crippen LogP contribution in [0.15, 0.2) is 54.6 Å². The van der Waals surface area contributed by atoms with Crippen molar-refractivity contribution < 1.29 is 14.2 Å². The smallest absolute Gasteiger partial charge is 0.138 e. The molecule has 1 saturated heterocycles. The molecule has 3 heterocycles. The Morgan fingerprint density at radius 3 is 2.16 bits per heavy atom. The predicted molar refractivity (Wildman–Crippen MR) is 122 cm³/mol. The maximum Gasteiger partial charge on any atom is 0.138 e. The van der Waals surface area contributed by atoms with Gasteiger partial charge in [0.1, 0.15) is 34.9 Å². The van der Waals surface area contributed by atoms with E-state index >= 15 is 0 Å². The van der Waals surface area contributed by atoms with E-state index in [4.69, 9.17) is 14.2 Å². The van der Waals surface area contributed by atoms with E-state index in [0.717, 1.165) is 11.5 Å². The summed E-state index contributed by atoms with van der Waals surface area (Å²) < 4.78 is 18.3. The number of hydrogen-bond donors (Lipinski definition) is 0. The third-order valence-corrected chi connectivity index (χ3v) is 7.75. The van der Waals surface area contributed by atoms with E-state index < -0.39 is 0 Å². The number of fused-ring (bicyclic) bond motifs is 5.